The van der Waals surface area contributed by atoms with Crippen molar-refractivity contribution in [1.82, 2.24) is 0 Å². The highest BCUT2D eigenvalue weighted by Gasteiger charge is 2.38. The van der Waals surface area contributed by atoms with E-state index in [9.17, 15) is 9.59 Å². The molecule has 8 rings (SSSR count). The number of benzene rings is 6. The lowest BCUT2D eigenvalue weighted by molar-refractivity contribution is 0.0990. The van der Waals surface area contributed by atoms with Gasteiger partial charge in [0.25, 0.3) is 0 Å². The van der Waals surface area contributed by atoms with E-state index in [-0.39, 0.29) is 22.6 Å². The number of carbonyl (C=O) groups is 2. The second-order valence-electron chi connectivity index (χ2n) is 11.7. The van der Waals surface area contributed by atoms with E-state index in [1.807, 2.05) is 48.5 Å². The Morgan fingerprint density at radius 1 is 0.595 bits per heavy atom. The van der Waals surface area contributed by atoms with E-state index in [0.29, 0.717) is 11.1 Å². The monoisotopic (exact) mass is 541 g/mol. The van der Waals surface area contributed by atoms with Crippen molar-refractivity contribution in [3.8, 4) is 0 Å². The first-order valence-corrected chi connectivity index (χ1v) is 14.3. The summed E-state index contributed by atoms with van der Waals surface area (Å²) in [5.41, 5.74) is 7.66. The number of Topliss-reactive ketones (excluding diaryl/α,β-unsaturated/α-hetero) is 2. The molecular weight excluding hydrogens is 514 g/mol. The van der Waals surface area contributed by atoms with Gasteiger partial charge in [0, 0.05) is 27.6 Å². The fourth-order valence-corrected chi connectivity index (χ4v) is 6.77. The van der Waals surface area contributed by atoms with Crippen molar-refractivity contribution in [2.75, 3.05) is 4.90 Å². The average Bonchev–Trinajstić information content (AvgIpc) is 3.24. The summed E-state index contributed by atoms with van der Waals surface area (Å²) in [5, 5.41) is 4.10. The van der Waals surface area contributed by atoms with Crippen molar-refractivity contribution in [3.63, 3.8) is 0 Å². The van der Waals surface area contributed by atoms with Crippen molar-refractivity contribution in [3.05, 3.63) is 155 Å². The molecule has 0 radical (unpaired) electrons. The fourth-order valence-electron chi connectivity index (χ4n) is 6.77. The Bertz CT molecular complexity index is 2100. The number of rotatable bonds is 2. The van der Waals surface area contributed by atoms with E-state index in [4.69, 9.17) is 0 Å². The third-order valence-electron chi connectivity index (χ3n) is 8.92. The maximum atomic E-state index is 13.5. The highest BCUT2D eigenvalue weighted by atomic mass is 16.2. The highest BCUT2D eigenvalue weighted by molar-refractivity contribution is 6.42. The van der Waals surface area contributed by atoms with Crippen molar-refractivity contribution >= 4 is 56.2 Å². The van der Waals surface area contributed by atoms with Crippen LogP contribution in [0.3, 0.4) is 0 Å². The summed E-state index contributed by atoms with van der Waals surface area (Å²) in [7, 11) is 0. The van der Waals surface area contributed by atoms with Gasteiger partial charge in [0.1, 0.15) is 0 Å². The Morgan fingerprint density at radius 2 is 1.21 bits per heavy atom. The van der Waals surface area contributed by atoms with Crippen LogP contribution in [0, 0.1) is 0 Å². The number of fused-ring (bicyclic) bond motifs is 6. The van der Waals surface area contributed by atoms with Crippen LogP contribution in [0.25, 0.3) is 27.6 Å². The average molecular weight is 542 g/mol. The molecule has 3 nitrogen and oxygen atoms in total. The molecule has 1 aliphatic heterocycles. The van der Waals surface area contributed by atoms with Crippen LogP contribution in [0.1, 0.15) is 51.3 Å². The van der Waals surface area contributed by atoms with Gasteiger partial charge in [-0.25, -0.2) is 0 Å². The molecule has 0 fully saturated rings. The molecule has 42 heavy (non-hydrogen) atoms. The van der Waals surface area contributed by atoms with E-state index >= 15 is 0 Å². The van der Waals surface area contributed by atoms with Crippen LogP contribution in [0.15, 0.2) is 127 Å². The lowest BCUT2D eigenvalue weighted by Gasteiger charge is -2.42. The molecule has 0 saturated heterocycles. The maximum absolute atomic E-state index is 13.5. The first-order chi connectivity index (χ1) is 20.4. The Kier molecular flexibility index (Phi) is 5.17. The van der Waals surface area contributed by atoms with Gasteiger partial charge in [-0.15, -0.1) is 0 Å². The molecule has 0 amide bonds. The Hall–Kier alpha value is -5.28. The van der Waals surface area contributed by atoms with E-state index in [1.165, 1.54) is 11.1 Å². The maximum Gasteiger partial charge on any atom is 0.197 e. The van der Waals surface area contributed by atoms with Crippen LogP contribution in [-0.2, 0) is 5.41 Å². The van der Waals surface area contributed by atoms with E-state index in [1.54, 1.807) is 6.08 Å². The molecule has 0 bridgehead atoms. The molecule has 0 saturated carbocycles. The molecular formula is C39H27NO2. The number of para-hydroxylation sites is 2. The zero-order valence-corrected chi connectivity index (χ0v) is 23.4. The summed E-state index contributed by atoms with van der Waals surface area (Å²) in [6.07, 6.45) is 1.77. The molecule has 6 aromatic rings. The molecule has 0 N–H and O–H groups in total. The summed E-state index contributed by atoms with van der Waals surface area (Å²) in [6, 6.07) is 41.2. The number of ketones is 2. The molecule has 1 aliphatic carbocycles. The van der Waals surface area contributed by atoms with Gasteiger partial charge in [-0.3, -0.25) is 9.59 Å². The van der Waals surface area contributed by atoms with Crippen LogP contribution in [0.2, 0.25) is 0 Å². The summed E-state index contributed by atoms with van der Waals surface area (Å²) in [6.45, 7) is 4.56. The second-order valence-corrected chi connectivity index (χ2v) is 11.7. The van der Waals surface area contributed by atoms with Gasteiger partial charge in [0.2, 0.25) is 0 Å². The smallest absolute Gasteiger partial charge is 0.197 e. The Labute approximate surface area is 244 Å². The largest absolute Gasteiger partial charge is 0.309 e. The summed E-state index contributed by atoms with van der Waals surface area (Å²) in [4.78, 5) is 29.4. The summed E-state index contributed by atoms with van der Waals surface area (Å²) >= 11 is 0. The molecule has 0 aromatic heterocycles. The van der Waals surface area contributed by atoms with E-state index in [0.717, 1.165) is 44.2 Å². The van der Waals surface area contributed by atoms with Gasteiger partial charge in [0.05, 0.1) is 16.9 Å². The number of hydrogen-bond donors (Lipinski definition) is 0. The van der Waals surface area contributed by atoms with Crippen molar-refractivity contribution in [2.45, 2.75) is 19.3 Å². The van der Waals surface area contributed by atoms with Crippen LogP contribution < -0.4 is 4.90 Å². The SMILES string of the molecule is CC1(C)c2ccccc2N(c2ccccc2)c2c1ccc1ccc(C=C3C(=O)c4cc5ccccc5cc4C3=O)cc21. The Balaban J connectivity index is 1.33. The predicted octanol–water partition coefficient (Wildman–Crippen LogP) is 9.56. The second kappa shape index (κ2) is 8.86. The summed E-state index contributed by atoms with van der Waals surface area (Å²) < 4.78 is 0. The first kappa shape index (κ1) is 24.5. The first-order valence-electron chi connectivity index (χ1n) is 14.3. The minimum Gasteiger partial charge on any atom is -0.309 e. The number of carbonyl (C=O) groups excluding carboxylic acids is 2. The van der Waals surface area contributed by atoms with Gasteiger partial charge in [-0.05, 0) is 75.3 Å². The minimum absolute atomic E-state index is 0.211. The molecule has 1 heterocycles. The molecule has 2 aliphatic rings. The molecule has 0 atom stereocenters. The zero-order valence-electron chi connectivity index (χ0n) is 23.4. The molecule has 0 unspecified atom stereocenters. The van der Waals surface area contributed by atoms with Gasteiger partial charge in [0.15, 0.2) is 11.6 Å². The van der Waals surface area contributed by atoms with Gasteiger partial charge in [-0.1, -0.05) is 98.8 Å². The standard InChI is InChI=1S/C39H27NO2/c1-39(2)33-14-8-9-15-35(33)40(28-12-4-3-5-13-28)36-29-20-24(16-17-25(29)18-19-34(36)39)21-32-37(41)30-22-26-10-6-7-11-27(26)23-31(30)38(32)42/h3-23H,1-2H3. The van der Waals surface area contributed by atoms with Crippen LogP contribution >= 0.6 is 0 Å². The molecule has 6 aromatic carbocycles. The predicted molar refractivity (Wildman–Crippen MR) is 171 cm³/mol. The van der Waals surface area contributed by atoms with Crippen molar-refractivity contribution < 1.29 is 9.59 Å². The minimum atomic E-state index is -0.221. The van der Waals surface area contributed by atoms with Crippen molar-refractivity contribution in [1.29, 1.82) is 0 Å². The summed E-state index contributed by atoms with van der Waals surface area (Å²) in [5.74, 6) is -0.422. The van der Waals surface area contributed by atoms with E-state index in [2.05, 4.69) is 91.5 Å². The zero-order chi connectivity index (χ0) is 28.6. The third-order valence-corrected chi connectivity index (χ3v) is 8.92. The lowest BCUT2D eigenvalue weighted by atomic mass is 9.72. The topological polar surface area (TPSA) is 37.4 Å². The van der Waals surface area contributed by atoms with Crippen LogP contribution in [0.5, 0.6) is 0 Å². The number of hydrogen-bond acceptors (Lipinski definition) is 3. The quantitative estimate of drug-likeness (QED) is 0.162. The number of anilines is 3. The number of nitrogens with zero attached hydrogens (tertiary/aromatic N) is 1. The third kappa shape index (κ3) is 3.47. The van der Waals surface area contributed by atoms with Crippen molar-refractivity contribution in [2.24, 2.45) is 0 Å². The van der Waals surface area contributed by atoms with Gasteiger partial charge in [-0.2, -0.15) is 0 Å². The highest BCUT2D eigenvalue weighted by Crippen LogP contribution is 2.54. The molecule has 0 spiro atoms. The molecule has 3 heteroatoms. The molecule has 200 valence electrons. The number of allylic oxidation sites excluding steroid dienone is 1. The van der Waals surface area contributed by atoms with Crippen LogP contribution in [0.4, 0.5) is 17.1 Å². The fraction of sp³-hybridized carbons (Fsp3) is 0.0769. The normalized spacial score (nSPS) is 15.1. The van der Waals surface area contributed by atoms with Crippen LogP contribution in [-0.4, -0.2) is 11.6 Å². The Morgan fingerprint density at radius 3 is 1.93 bits per heavy atom. The van der Waals surface area contributed by atoms with Gasteiger partial charge < -0.3 is 4.90 Å². The van der Waals surface area contributed by atoms with Gasteiger partial charge >= 0.3 is 0 Å². The lowest BCUT2D eigenvalue weighted by Crippen LogP contribution is -2.30. The van der Waals surface area contributed by atoms with E-state index < -0.39 is 0 Å².